The van der Waals surface area contributed by atoms with Gasteiger partial charge in [0.05, 0.1) is 13.2 Å². The lowest BCUT2D eigenvalue weighted by Gasteiger charge is -2.50. The second kappa shape index (κ2) is 14.8. The van der Waals surface area contributed by atoms with Crippen LogP contribution in [0.25, 0.3) is 0 Å². The number of anilines is 1. The molecule has 1 aromatic rings. The molecule has 2 aliphatic rings. The quantitative estimate of drug-likeness (QED) is 0.101. The molecule has 0 radical (unpaired) electrons. The molecule has 2 fully saturated rings. The van der Waals surface area contributed by atoms with Gasteiger partial charge in [-0.15, -0.1) is 0 Å². The summed E-state index contributed by atoms with van der Waals surface area (Å²) in [5.41, 5.74) is -1.35. The van der Waals surface area contributed by atoms with Gasteiger partial charge in [-0.05, 0) is 31.3 Å². The van der Waals surface area contributed by atoms with E-state index in [2.05, 4.69) is 0 Å². The molecular formula is C28H38N2O14S. The van der Waals surface area contributed by atoms with Crippen LogP contribution >= 0.6 is 12.2 Å². The van der Waals surface area contributed by atoms with Crippen LogP contribution in [0.15, 0.2) is 24.3 Å². The maximum atomic E-state index is 12.4. The van der Waals surface area contributed by atoms with E-state index in [1.807, 2.05) is 6.92 Å². The molecule has 45 heavy (non-hydrogen) atoms. The van der Waals surface area contributed by atoms with Gasteiger partial charge in [-0.1, -0.05) is 17.7 Å². The van der Waals surface area contributed by atoms with E-state index < -0.39 is 98.3 Å². The summed E-state index contributed by atoms with van der Waals surface area (Å²) in [6, 6.07) is 6.80. The first-order chi connectivity index (χ1) is 21.0. The monoisotopic (exact) mass is 658 g/mol. The predicted octanol–water partition coefficient (Wildman–Crippen LogP) is -1.75. The number of nitrogens with zero attached hydrogens (tertiary/aromatic N) is 2. The molecule has 0 saturated carbocycles. The first-order valence-electron chi connectivity index (χ1n) is 13.9. The van der Waals surface area contributed by atoms with Gasteiger partial charge in [-0.25, -0.2) is 0 Å². The number of esters is 4. The number of ether oxygens (including phenoxy) is 5. The molecule has 16 nitrogen and oxygen atoms in total. The summed E-state index contributed by atoms with van der Waals surface area (Å²) in [5, 5.41) is 53.5. The fourth-order valence-corrected chi connectivity index (χ4v) is 5.60. The molecule has 0 aliphatic carbocycles. The number of rotatable bonds is 11. The molecule has 250 valence electrons. The van der Waals surface area contributed by atoms with Crippen molar-refractivity contribution in [3.63, 3.8) is 0 Å². The van der Waals surface area contributed by atoms with Crippen molar-refractivity contribution in [3.05, 3.63) is 29.8 Å². The number of carbonyl (C=O) groups excluding carboxylic acids is 4. The summed E-state index contributed by atoms with van der Waals surface area (Å²) < 4.78 is 27.7. The molecule has 2 aliphatic heterocycles. The Labute approximate surface area is 264 Å². The maximum absolute atomic E-state index is 12.4. The molecule has 9 atom stereocenters. The third-order valence-electron chi connectivity index (χ3n) is 7.19. The standard InChI is InChI=1S/C28H38N2O14S/c1-13-6-8-18(9-7-13)29-12-28(39,25(38)21(37)19(36)10-31)30(27(29)45)26-24(43-17(5)35)23(42-16(4)34)22(41-15(3)33)20(44-26)11-40-14(2)32/h6-9,19-26,31,36-39H,10-12H2,1-5H3/t19-,20-,21-,22-,23+,24-,25+,26-,28-/m1/s1. The molecular weight excluding hydrogens is 620 g/mol. The Morgan fingerprint density at radius 3 is 1.98 bits per heavy atom. The first kappa shape index (κ1) is 36.0. The fraction of sp³-hybridized carbons (Fsp3) is 0.607. The minimum atomic E-state index is -2.65. The van der Waals surface area contributed by atoms with Crippen LogP contribution in [0.4, 0.5) is 5.69 Å². The highest BCUT2D eigenvalue weighted by atomic mass is 32.1. The van der Waals surface area contributed by atoms with Crippen molar-refractivity contribution in [2.24, 2.45) is 0 Å². The van der Waals surface area contributed by atoms with Crippen molar-refractivity contribution in [2.45, 2.75) is 89.3 Å². The van der Waals surface area contributed by atoms with E-state index in [0.717, 1.165) is 38.2 Å². The van der Waals surface area contributed by atoms with Gasteiger partial charge in [0.2, 0.25) is 0 Å². The lowest BCUT2D eigenvalue weighted by molar-refractivity contribution is -0.300. The Morgan fingerprint density at radius 1 is 0.933 bits per heavy atom. The van der Waals surface area contributed by atoms with Crippen LogP contribution in [0.5, 0.6) is 0 Å². The summed E-state index contributed by atoms with van der Waals surface area (Å²) in [7, 11) is 0. The maximum Gasteiger partial charge on any atom is 0.303 e. The molecule has 0 spiro atoms. The molecule has 1 aromatic carbocycles. The number of benzene rings is 1. The molecule has 2 heterocycles. The second-order valence-electron chi connectivity index (χ2n) is 10.7. The average molecular weight is 659 g/mol. The number of aliphatic hydroxyl groups excluding tert-OH is 4. The van der Waals surface area contributed by atoms with Crippen LogP contribution in [0.1, 0.15) is 33.3 Å². The van der Waals surface area contributed by atoms with Crippen LogP contribution in [0, 0.1) is 6.92 Å². The highest BCUT2D eigenvalue weighted by Crippen LogP contribution is 2.40. The van der Waals surface area contributed by atoms with Crippen LogP contribution in [0.2, 0.25) is 0 Å². The zero-order chi connectivity index (χ0) is 33.8. The van der Waals surface area contributed by atoms with Gasteiger partial charge in [0.1, 0.15) is 31.0 Å². The number of carbonyl (C=O) groups is 4. The van der Waals surface area contributed by atoms with Crippen molar-refractivity contribution < 1.29 is 68.4 Å². The van der Waals surface area contributed by atoms with E-state index in [1.165, 1.54) is 4.90 Å². The third kappa shape index (κ3) is 8.04. The number of aryl methyl sites for hydroxylation is 1. The largest absolute Gasteiger partial charge is 0.463 e. The fourth-order valence-electron chi connectivity index (χ4n) is 5.17. The van der Waals surface area contributed by atoms with Gasteiger partial charge in [-0.2, -0.15) is 0 Å². The second-order valence-corrected chi connectivity index (χ2v) is 11.1. The van der Waals surface area contributed by atoms with Gasteiger partial charge < -0.3 is 54.1 Å². The number of hydrogen-bond acceptors (Lipinski definition) is 15. The Bertz CT molecular complexity index is 1260. The number of aliphatic hydroxyl groups is 5. The van der Waals surface area contributed by atoms with E-state index in [9.17, 15) is 44.7 Å². The molecule has 3 rings (SSSR count). The molecule has 5 N–H and O–H groups in total. The van der Waals surface area contributed by atoms with Crippen molar-refractivity contribution in [1.29, 1.82) is 0 Å². The van der Waals surface area contributed by atoms with Crippen molar-refractivity contribution >= 4 is 46.9 Å². The van der Waals surface area contributed by atoms with Crippen molar-refractivity contribution in [1.82, 2.24) is 4.90 Å². The van der Waals surface area contributed by atoms with Gasteiger partial charge in [0.25, 0.3) is 0 Å². The topological polar surface area (TPSA) is 222 Å². The smallest absolute Gasteiger partial charge is 0.303 e. The van der Waals surface area contributed by atoms with Gasteiger partial charge in [0, 0.05) is 33.4 Å². The van der Waals surface area contributed by atoms with Crippen molar-refractivity contribution in [2.75, 3.05) is 24.7 Å². The SMILES string of the molecule is CC(=O)OC[C@H]1O[C@@H](N2C(=S)N(c3ccc(C)cc3)C[C@@]2(O)[C@@H](O)[C@H](O)[C@H](O)CO)[C@H](OC(C)=O)[C@@H](OC(C)=O)[C@@H]1OC(C)=O. The molecule has 0 unspecified atom stereocenters. The van der Waals surface area contributed by atoms with Crippen LogP contribution < -0.4 is 4.90 Å². The molecule has 0 bridgehead atoms. The normalized spacial score (nSPS) is 28.6. The summed E-state index contributed by atoms with van der Waals surface area (Å²) in [4.78, 5) is 50.8. The van der Waals surface area contributed by atoms with E-state index in [4.69, 9.17) is 35.9 Å². The lowest BCUT2D eigenvalue weighted by Crippen LogP contribution is -2.72. The van der Waals surface area contributed by atoms with E-state index >= 15 is 0 Å². The molecule has 0 aromatic heterocycles. The Hall–Kier alpha value is -3.45. The van der Waals surface area contributed by atoms with E-state index in [1.54, 1.807) is 24.3 Å². The number of β-amino-alcohol motifs (C(OH)–C–C–N with tert-alkyl or cyclic N) is 1. The first-order valence-corrected chi connectivity index (χ1v) is 14.3. The van der Waals surface area contributed by atoms with Crippen LogP contribution in [0.3, 0.4) is 0 Å². The van der Waals surface area contributed by atoms with Crippen LogP contribution in [-0.2, 0) is 42.9 Å². The zero-order valence-electron chi connectivity index (χ0n) is 25.3. The lowest BCUT2D eigenvalue weighted by atomic mass is 9.93. The molecule has 2 saturated heterocycles. The van der Waals surface area contributed by atoms with E-state index in [-0.39, 0.29) is 5.11 Å². The van der Waals surface area contributed by atoms with Crippen molar-refractivity contribution in [3.8, 4) is 0 Å². The highest BCUT2D eigenvalue weighted by molar-refractivity contribution is 7.80. The minimum Gasteiger partial charge on any atom is -0.463 e. The van der Waals surface area contributed by atoms with E-state index in [0.29, 0.717) is 5.69 Å². The van der Waals surface area contributed by atoms with Gasteiger partial charge in [0.15, 0.2) is 35.4 Å². The average Bonchev–Trinajstić information content (AvgIpc) is 3.23. The Morgan fingerprint density at radius 2 is 1.47 bits per heavy atom. The highest BCUT2D eigenvalue weighted by Gasteiger charge is 2.63. The zero-order valence-corrected chi connectivity index (χ0v) is 26.1. The summed E-state index contributed by atoms with van der Waals surface area (Å²) in [6.45, 7) is 3.93. The van der Waals surface area contributed by atoms with Gasteiger partial charge >= 0.3 is 23.9 Å². The Balaban J connectivity index is 2.25. The third-order valence-corrected chi connectivity index (χ3v) is 7.61. The Kier molecular flexibility index (Phi) is 11.8. The number of thiocarbonyl (C=S) groups is 1. The molecule has 17 heteroatoms. The predicted molar refractivity (Wildman–Crippen MR) is 155 cm³/mol. The number of hydrogen-bond donors (Lipinski definition) is 5. The minimum absolute atomic E-state index is 0.244. The summed E-state index contributed by atoms with van der Waals surface area (Å²) in [6.07, 6.45) is -14.4. The van der Waals surface area contributed by atoms with Crippen LogP contribution in [-0.4, -0.2) is 134 Å². The molecule has 0 amide bonds. The summed E-state index contributed by atoms with van der Waals surface area (Å²) >= 11 is 5.73. The van der Waals surface area contributed by atoms with Gasteiger partial charge in [-0.3, -0.25) is 24.1 Å². The summed E-state index contributed by atoms with van der Waals surface area (Å²) in [5.74, 6) is -3.43.